The molecule has 1 aliphatic heterocycles. The largest absolute Gasteiger partial charge is 0.388 e. The highest BCUT2D eigenvalue weighted by Gasteiger charge is 2.22. The second-order valence-electron chi connectivity index (χ2n) is 26.5. The van der Waals surface area contributed by atoms with Gasteiger partial charge in [-0.15, -0.1) is 22.7 Å². The van der Waals surface area contributed by atoms with Crippen molar-refractivity contribution in [2.24, 2.45) is 11.8 Å². The number of likely N-dealkylation sites (tertiary alicyclic amines) is 1. The first kappa shape index (κ1) is 105. The standard InChI is InChI=1S/C9H14N2.C9H9NS.C9H19N.C8H8N2S.C8H18N2.2C8H11N.C7H10N2.C5H13NO.C5H13N.C4H10N2O.C4H11N.C2H7N/c1-10-8-5-4-6-9(7-8)11(2)3;1-10-8-3-2-7-4-5-11-9(7)6-8;1-8-4-3-5-9(8)6-7-10-2;1-9-6-2-3-7-8(4-6)11-5-10-7;1-9-5-8-10-6-3-2-4-7-10;2*1-7-4-3-5-8(6-7)9-2;1-8-5-7-3-2-4-9-6-7;1-6(2)4-5-7-3;1-4-5-6(2)3;1-5-2-3-6-4-7;1-3-4-5-2;1-3-2/h4-7,10H,1-3H3;2-6,10H,1H3;8-10H,3-7H2,1-2H3;2-5,9H,1H3;9H,2-8H2,1H3;2*3-6,9H,1-2H3;2-4,6,8H,5H2,1H3;4-5H2,1-3H3;4-5H2,1-3H3;4-5H,2-3H2,1H3,(H,6,7);5H,3-4H2,1-2H3;3H,1-2H3. The molecule has 2 aliphatic rings. The van der Waals surface area contributed by atoms with Gasteiger partial charge in [-0.05, 0) is 280 Å². The number of fused-ring (bicyclic) bond motifs is 2. The van der Waals surface area contributed by atoms with E-state index in [4.69, 9.17) is 4.74 Å². The number of nitrogens with zero attached hydrogens (tertiary/aromatic N) is 6. The molecule has 5 aromatic carbocycles. The lowest BCUT2D eigenvalue weighted by molar-refractivity contribution is -0.109. The van der Waals surface area contributed by atoms with Crippen molar-refractivity contribution < 1.29 is 9.53 Å². The number of anilines is 6. The van der Waals surface area contributed by atoms with E-state index in [1.54, 1.807) is 36.0 Å². The Morgan fingerprint density at radius 3 is 1.52 bits per heavy atom. The number of benzene rings is 5. The number of thiazole rings is 1. The Morgan fingerprint density at radius 1 is 0.546 bits per heavy atom. The van der Waals surface area contributed by atoms with Crippen molar-refractivity contribution in [3.8, 4) is 0 Å². The van der Waals surface area contributed by atoms with Gasteiger partial charge in [0.15, 0.2) is 0 Å². The van der Waals surface area contributed by atoms with Gasteiger partial charge < -0.3 is 88.1 Å². The van der Waals surface area contributed by atoms with Crippen molar-refractivity contribution in [1.82, 2.24) is 61.9 Å². The van der Waals surface area contributed by atoms with Crippen LogP contribution >= 0.6 is 22.7 Å². The number of carbonyl (C=O) groups excluding carboxylic acids is 1. The van der Waals surface area contributed by atoms with Crippen molar-refractivity contribution >= 4 is 83.5 Å². The van der Waals surface area contributed by atoms with E-state index in [1.165, 1.54) is 145 Å². The molecule has 4 heterocycles. The Hall–Kier alpha value is -7.03. The van der Waals surface area contributed by atoms with Gasteiger partial charge in [0.05, 0.1) is 22.3 Å². The summed E-state index contributed by atoms with van der Waals surface area (Å²) in [6.07, 6.45) is 16.9. The molecule has 108 heavy (non-hydrogen) atoms. The van der Waals surface area contributed by atoms with Crippen LogP contribution in [-0.4, -0.2) is 237 Å². The van der Waals surface area contributed by atoms with Crippen LogP contribution < -0.4 is 68.7 Å². The molecule has 22 heteroatoms. The smallest absolute Gasteiger partial charge is 0.207 e. The number of thiophene rings is 1. The minimum absolute atomic E-state index is 0.692. The van der Waals surface area contributed by atoms with Crippen LogP contribution in [0.2, 0.25) is 0 Å². The third kappa shape index (κ3) is 60.8. The first-order valence-corrected chi connectivity index (χ1v) is 40.4. The molecule has 612 valence electrons. The average molecular weight is 1540 g/mol. The molecule has 12 N–H and O–H groups in total. The minimum atomic E-state index is 0.692. The van der Waals surface area contributed by atoms with Crippen LogP contribution in [0, 0.1) is 25.7 Å². The summed E-state index contributed by atoms with van der Waals surface area (Å²) in [6.45, 7) is 23.7. The number of carbonyl (C=O) groups is 1. The maximum Gasteiger partial charge on any atom is 0.207 e. The zero-order valence-corrected chi connectivity index (χ0v) is 73.5. The normalized spacial score (nSPS) is 12.7. The third-order valence-electron chi connectivity index (χ3n) is 16.2. The van der Waals surface area contributed by atoms with E-state index in [0.717, 1.165) is 68.1 Å². The molecule has 0 radical (unpaired) electrons. The van der Waals surface area contributed by atoms with Crippen LogP contribution in [-0.2, 0) is 16.1 Å². The Labute approximate surface area is 666 Å². The van der Waals surface area contributed by atoms with Crippen molar-refractivity contribution in [1.29, 1.82) is 0 Å². The summed E-state index contributed by atoms with van der Waals surface area (Å²) < 4.78 is 7.39. The molecule has 2 atom stereocenters. The number of aromatic nitrogens is 2. The van der Waals surface area contributed by atoms with Gasteiger partial charge >= 0.3 is 0 Å². The molecule has 1 saturated heterocycles. The lowest BCUT2D eigenvalue weighted by Gasteiger charge is -2.25. The minimum Gasteiger partial charge on any atom is -0.388 e. The molecular weight excluding hydrogens is 1380 g/mol. The Bertz CT molecular complexity index is 3080. The third-order valence-corrected chi connectivity index (χ3v) is 17.9. The van der Waals surface area contributed by atoms with Gasteiger partial charge in [-0.3, -0.25) is 9.78 Å². The number of pyridine rings is 1. The Balaban J connectivity index is -0.00000112. The molecular formula is C86H154N18O2S2. The van der Waals surface area contributed by atoms with E-state index < -0.39 is 0 Å². The van der Waals surface area contributed by atoms with Gasteiger partial charge in [-0.25, -0.2) is 4.98 Å². The van der Waals surface area contributed by atoms with Crippen LogP contribution in [0.4, 0.5) is 34.1 Å². The average Bonchev–Trinajstić information content (AvgIpc) is 1.69. The SMILES string of the molecule is CCCN(C)C.CCCNC.CNC.CNCCC1CCCC1C.CNCCN1CCCCC1.CNCCNC=O.CNCc1cccnc1.CNc1ccc2ccsc2c1.CNc1ccc2ncsc2c1.CNc1cccc(C)c1.CNc1cccc(C)c1.CNc1cccc(N(C)C)c1.COCCN(C)C. The predicted octanol–water partition coefficient (Wildman–Crippen LogP) is 15.2. The summed E-state index contributed by atoms with van der Waals surface area (Å²) in [5.74, 6) is 2.01. The maximum atomic E-state index is 9.54. The molecule has 1 aliphatic carbocycles. The van der Waals surface area contributed by atoms with E-state index >= 15 is 0 Å². The first-order valence-electron chi connectivity index (χ1n) is 38.7. The second-order valence-corrected chi connectivity index (χ2v) is 28.3. The number of amides is 1. The van der Waals surface area contributed by atoms with Crippen LogP contribution in [0.1, 0.15) is 95.2 Å². The van der Waals surface area contributed by atoms with Crippen molar-refractivity contribution in [2.75, 3.05) is 238 Å². The van der Waals surface area contributed by atoms with Crippen molar-refractivity contribution in [3.63, 3.8) is 0 Å². The molecule has 0 bridgehead atoms. The molecule has 1 amide bonds. The summed E-state index contributed by atoms with van der Waals surface area (Å²) in [6, 6.07) is 43.5. The number of rotatable bonds is 25. The van der Waals surface area contributed by atoms with E-state index in [1.807, 2.05) is 185 Å². The number of nitrogens with one attached hydrogen (secondary N) is 12. The maximum absolute atomic E-state index is 9.54. The lowest BCUT2D eigenvalue weighted by atomic mass is 9.95. The Morgan fingerprint density at radius 2 is 1.09 bits per heavy atom. The first-order chi connectivity index (χ1) is 52.2. The molecule has 8 aromatic rings. The fourth-order valence-corrected chi connectivity index (χ4v) is 11.6. The monoisotopic (exact) mass is 1540 g/mol. The highest BCUT2D eigenvalue weighted by Crippen LogP contribution is 2.33. The summed E-state index contributed by atoms with van der Waals surface area (Å²) >= 11 is 3.44. The van der Waals surface area contributed by atoms with Crippen LogP contribution in [0.25, 0.3) is 20.3 Å². The molecule has 2 fully saturated rings. The quantitative estimate of drug-likeness (QED) is 0.0190. The molecule has 0 spiro atoms. The second kappa shape index (κ2) is 75.4. The number of methoxy groups -OCH3 is 1. The van der Waals surface area contributed by atoms with Crippen molar-refractivity contribution in [3.05, 3.63) is 167 Å². The summed E-state index contributed by atoms with van der Waals surface area (Å²) in [5.41, 5.74) is 13.8. The zero-order valence-electron chi connectivity index (χ0n) is 71.8. The summed E-state index contributed by atoms with van der Waals surface area (Å²) in [4.78, 5) is 26.6. The Kier molecular flexibility index (Phi) is 73.4. The molecule has 2 unspecified atom stereocenters. The molecule has 3 aromatic heterocycles. The summed E-state index contributed by atoms with van der Waals surface area (Å²) in [7, 11) is 37.2. The fraction of sp³-hybridized carbons (Fsp3) is 0.547. The van der Waals surface area contributed by atoms with E-state index in [-0.39, 0.29) is 0 Å². The topological polar surface area (TPSA) is 209 Å². The van der Waals surface area contributed by atoms with Crippen molar-refractivity contribution in [2.45, 2.75) is 99.0 Å². The van der Waals surface area contributed by atoms with E-state index in [9.17, 15) is 4.79 Å². The van der Waals surface area contributed by atoms with Crippen LogP contribution in [0.5, 0.6) is 0 Å². The fourth-order valence-electron chi connectivity index (χ4n) is 10.0. The molecule has 20 nitrogen and oxygen atoms in total. The zero-order chi connectivity index (χ0) is 81.2. The molecule has 1 saturated carbocycles. The molecule has 10 rings (SSSR count). The van der Waals surface area contributed by atoms with Crippen LogP contribution in [0.15, 0.2) is 151 Å². The van der Waals surface area contributed by atoms with E-state index in [0.29, 0.717) is 13.0 Å². The number of aryl methyl sites for hydroxylation is 2. The van der Waals surface area contributed by atoms with E-state index in [2.05, 4.69) is 214 Å². The summed E-state index contributed by atoms with van der Waals surface area (Å²) in [5, 5.41) is 39.5. The van der Waals surface area contributed by atoms with Gasteiger partial charge in [0.1, 0.15) is 0 Å². The number of ether oxygens (including phenoxy) is 1. The van der Waals surface area contributed by atoms with Gasteiger partial charge in [0.25, 0.3) is 0 Å². The number of likely N-dealkylation sites (N-methyl/N-ethyl adjacent to an activating group) is 3. The highest BCUT2D eigenvalue weighted by atomic mass is 32.1. The number of piperidine rings is 1. The predicted molar refractivity (Wildman–Crippen MR) is 485 cm³/mol. The number of hydrogen-bond donors (Lipinski definition) is 12. The van der Waals surface area contributed by atoms with Gasteiger partial charge in [-0.1, -0.05) is 88.9 Å². The van der Waals surface area contributed by atoms with Crippen LogP contribution in [0.3, 0.4) is 0 Å². The number of hydrogen-bond acceptors (Lipinski definition) is 21. The van der Waals surface area contributed by atoms with Gasteiger partial charge in [0, 0.05) is 147 Å². The highest BCUT2D eigenvalue weighted by molar-refractivity contribution is 7.17. The van der Waals surface area contributed by atoms with Gasteiger partial charge in [0.2, 0.25) is 6.41 Å². The lowest BCUT2D eigenvalue weighted by Crippen LogP contribution is -2.34. The van der Waals surface area contributed by atoms with Gasteiger partial charge in [-0.2, -0.15) is 0 Å².